The third kappa shape index (κ3) is 2.43. The highest BCUT2D eigenvalue weighted by molar-refractivity contribution is 5.37. The van der Waals surface area contributed by atoms with Gasteiger partial charge in [-0.2, -0.15) is 0 Å². The summed E-state index contributed by atoms with van der Waals surface area (Å²) in [7, 11) is 2.05. The van der Waals surface area contributed by atoms with E-state index in [1.807, 2.05) is 0 Å². The van der Waals surface area contributed by atoms with Gasteiger partial charge in [-0.15, -0.1) is 0 Å². The Labute approximate surface area is 115 Å². The van der Waals surface area contributed by atoms with E-state index in [1.54, 1.807) is 0 Å². The summed E-state index contributed by atoms with van der Waals surface area (Å²) in [5, 5.41) is 3.34. The normalized spacial score (nSPS) is 25.2. The molecule has 19 heavy (non-hydrogen) atoms. The van der Waals surface area contributed by atoms with Crippen molar-refractivity contribution in [1.29, 1.82) is 0 Å². The molecule has 1 heteroatoms. The summed E-state index contributed by atoms with van der Waals surface area (Å²) in [5.74, 6) is 0.764. The molecule has 1 N–H and O–H groups in total. The average Bonchev–Trinajstić information content (AvgIpc) is 3.15. The van der Waals surface area contributed by atoms with Gasteiger partial charge in [-0.05, 0) is 43.5 Å². The average molecular weight is 251 g/mol. The third-order valence-corrected chi connectivity index (χ3v) is 4.39. The molecule has 98 valence electrons. The van der Waals surface area contributed by atoms with Gasteiger partial charge in [0.05, 0.1) is 0 Å². The van der Waals surface area contributed by atoms with E-state index >= 15 is 0 Å². The SMILES string of the molecule is CNCC1CC1(Cc1ccccc1)c1ccccc1. The van der Waals surface area contributed by atoms with Crippen molar-refractivity contribution in [3.63, 3.8) is 0 Å². The quantitative estimate of drug-likeness (QED) is 0.858. The predicted octanol–water partition coefficient (Wildman–Crippen LogP) is 3.41. The zero-order valence-electron chi connectivity index (χ0n) is 11.5. The van der Waals surface area contributed by atoms with Crippen LogP contribution in [0.2, 0.25) is 0 Å². The molecule has 0 radical (unpaired) electrons. The summed E-state index contributed by atoms with van der Waals surface area (Å²) >= 11 is 0. The van der Waals surface area contributed by atoms with Crippen LogP contribution < -0.4 is 5.32 Å². The van der Waals surface area contributed by atoms with Gasteiger partial charge in [0.1, 0.15) is 0 Å². The van der Waals surface area contributed by atoms with Crippen molar-refractivity contribution < 1.29 is 0 Å². The molecule has 0 amide bonds. The predicted molar refractivity (Wildman–Crippen MR) is 80.3 cm³/mol. The molecule has 1 aliphatic carbocycles. The van der Waals surface area contributed by atoms with Crippen molar-refractivity contribution in [3.05, 3.63) is 71.8 Å². The minimum atomic E-state index is 0.353. The van der Waals surface area contributed by atoms with E-state index in [1.165, 1.54) is 17.5 Å². The highest BCUT2D eigenvalue weighted by atomic mass is 14.8. The molecule has 2 unspecified atom stereocenters. The summed E-state index contributed by atoms with van der Waals surface area (Å²) < 4.78 is 0. The Hall–Kier alpha value is -1.60. The van der Waals surface area contributed by atoms with Crippen LogP contribution in [0.5, 0.6) is 0 Å². The number of rotatable bonds is 5. The maximum Gasteiger partial charge on any atom is 0.00374 e. The minimum Gasteiger partial charge on any atom is -0.319 e. The van der Waals surface area contributed by atoms with Crippen LogP contribution in [0.3, 0.4) is 0 Å². The van der Waals surface area contributed by atoms with Crippen LogP contribution in [-0.4, -0.2) is 13.6 Å². The number of nitrogens with one attached hydrogen (secondary N) is 1. The van der Waals surface area contributed by atoms with Crippen LogP contribution in [-0.2, 0) is 11.8 Å². The second-order valence-corrected chi connectivity index (χ2v) is 5.64. The second-order valence-electron chi connectivity index (χ2n) is 5.64. The van der Waals surface area contributed by atoms with Crippen LogP contribution in [0.25, 0.3) is 0 Å². The third-order valence-electron chi connectivity index (χ3n) is 4.39. The Balaban J connectivity index is 1.87. The molecule has 1 aliphatic rings. The van der Waals surface area contributed by atoms with Gasteiger partial charge in [-0.3, -0.25) is 0 Å². The van der Waals surface area contributed by atoms with Gasteiger partial charge in [-0.25, -0.2) is 0 Å². The molecule has 3 rings (SSSR count). The zero-order valence-corrected chi connectivity index (χ0v) is 11.5. The summed E-state index contributed by atoms with van der Waals surface area (Å²) in [6.45, 7) is 1.11. The van der Waals surface area contributed by atoms with E-state index in [-0.39, 0.29) is 0 Å². The first kappa shape index (κ1) is 12.4. The maximum absolute atomic E-state index is 3.34. The van der Waals surface area contributed by atoms with E-state index < -0.39 is 0 Å². The summed E-state index contributed by atoms with van der Waals surface area (Å²) in [5.41, 5.74) is 3.30. The molecule has 0 bridgehead atoms. The molecule has 0 spiro atoms. The highest BCUT2D eigenvalue weighted by Crippen LogP contribution is 2.55. The summed E-state index contributed by atoms with van der Waals surface area (Å²) in [6.07, 6.45) is 2.46. The van der Waals surface area contributed by atoms with Gasteiger partial charge in [0.15, 0.2) is 0 Å². The lowest BCUT2D eigenvalue weighted by Gasteiger charge is -2.18. The zero-order chi connectivity index (χ0) is 13.1. The van der Waals surface area contributed by atoms with E-state index in [9.17, 15) is 0 Å². The van der Waals surface area contributed by atoms with Crippen LogP contribution in [0.15, 0.2) is 60.7 Å². The Kier molecular flexibility index (Phi) is 3.39. The number of hydrogen-bond donors (Lipinski definition) is 1. The largest absolute Gasteiger partial charge is 0.319 e. The van der Waals surface area contributed by atoms with Crippen LogP contribution in [0.1, 0.15) is 17.5 Å². The fourth-order valence-electron chi connectivity index (χ4n) is 3.30. The van der Waals surface area contributed by atoms with Crippen molar-refractivity contribution in [2.24, 2.45) is 5.92 Å². The molecule has 2 aromatic carbocycles. The molecule has 0 saturated heterocycles. The lowest BCUT2D eigenvalue weighted by Crippen LogP contribution is -2.20. The molecule has 0 aromatic heterocycles. The Morgan fingerprint density at radius 1 is 1.00 bits per heavy atom. The fourth-order valence-corrected chi connectivity index (χ4v) is 3.30. The van der Waals surface area contributed by atoms with Gasteiger partial charge in [-0.1, -0.05) is 60.7 Å². The molecule has 0 aliphatic heterocycles. The molecule has 1 nitrogen and oxygen atoms in total. The van der Waals surface area contributed by atoms with Crippen molar-refractivity contribution in [2.75, 3.05) is 13.6 Å². The summed E-state index contributed by atoms with van der Waals surface area (Å²) in [4.78, 5) is 0. The molecule has 2 aromatic rings. The van der Waals surface area contributed by atoms with Crippen molar-refractivity contribution in [2.45, 2.75) is 18.3 Å². The Morgan fingerprint density at radius 3 is 2.26 bits per heavy atom. The monoisotopic (exact) mass is 251 g/mol. The topological polar surface area (TPSA) is 12.0 Å². The minimum absolute atomic E-state index is 0.353. The van der Waals surface area contributed by atoms with E-state index in [4.69, 9.17) is 0 Å². The van der Waals surface area contributed by atoms with Crippen molar-refractivity contribution in [1.82, 2.24) is 5.32 Å². The number of hydrogen-bond acceptors (Lipinski definition) is 1. The lowest BCUT2D eigenvalue weighted by molar-refractivity contribution is 0.573. The molecule has 1 fully saturated rings. The number of benzene rings is 2. The fraction of sp³-hybridized carbons (Fsp3) is 0.333. The smallest absolute Gasteiger partial charge is 0.00374 e. The first-order chi connectivity index (χ1) is 9.35. The van der Waals surface area contributed by atoms with Crippen LogP contribution in [0.4, 0.5) is 0 Å². The van der Waals surface area contributed by atoms with Crippen LogP contribution in [0, 0.1) is 5.92 Å². The van der Waals surface area contributed by atoms with Crippen molar-refractivity contribution in [3.8, 4) is 0 Å². The Morgan fingerprint density at radius 2 is 1.63 bits per heavy atom. The van der Waals surface area contributed by atoms with Crippen molar-refractivity contribution >= 4 is 0 Å². The van der Waals surface area contributed by atoms with E-state index in [0.29, 0.717) is 5.41 Å². The first-order valence-corrected chi connectivity index (χ1v) is 7.09. The highest BCUT2D eigenvalue weighted by Gasteiger charge is 2.54. The first-order valence-electron chi connectivity index (χ1n) is 7.09. The van der Waals surface area contributed by atoms with Gasteiger partial charge in [0.2, 0.25) is 0 Å². The van der Waals surface area contributed by atoms with E-state index in [0.717, 1.165) is 18.9 Å². The summed E-state index contributed by atoms with van der Waals surface area (Å²) in [6, 6.07) is 21.9. The molecular weight excluding hydrogens is 230 g/mol. The maximum atomic E-state index is 3.34. The molecular formula is C18H21N. The van der Waals surface area contributed by atoms with Gasteiger partial charge < -0.3 is 5.32 Å². The second kappa shape index (κ2) is 5.18. The Bertz CT molecular complexity index is 520. The van der Waals surface area contributed by atoms with Gasteiger partial charge >= 0.3 is 0 Å². The van der Waals surface area contributed by atoms with Crippen LogP contribution >= 0.6 is 0 Å². The van der Waals surface area contributed by atoms with E-state index in [2.05, 4.69) is 73.0 Å². The molecule has 0 heterocycles. The standard InChI is InChI=1S/C18H21N/c1-19-14-17-13-18(17,16-10-6-3-7-11-16)12-15-8-4-2-5-9-15/h2-11,17,19H,12-14H2,1H3. The van der Waals surface area contributed by atoms with Gasteiger partial charge in [0.25, 0.3) is 0 Å². The molecule has 1 saturated carbocycles. The lowest BCUT2D eigenvalue weighted by atomic mass is 9.86. The van der Waals surface area contributed by atoms with Gasteiger partial charge in [0, 0.05) is 5.41 Å². The molecule has 2 atom stereocenters.